The molecule has 1 amide bonds. The van der Waals surface area contributed by atoms with Gasteiger partial charge in [0.05, 0.1) is 6.10 Å². The number of nitrogens with zero attached hydrogens (tertiary/aromatic N) is 1. The normalized spacial score (nSPS) is 23.2. The smallest absolute Gasteiger partial charge is 0.223 e. The van der Waals surface area contributed by atoms with Gasteiger partial charge in [-0.1, -0.05) is 37.3 Å². The Morgan fingerprint density at radius 3 is 2.67 bits per heavy atom. The van der Waals surface area contributed by atoms with Gasteiger partial charge >= 0.3 is 0 Å². The van der Waals surface area contributed by atoms with E-state index < -0.39 is 6.10 Å². The molecular formula is C15H21NO2. The number of benzene rings is 1. The van der Waals surface area contributed by atoms with Gasteiger partial charge < -0.3 is 10.0 Å². The van der Waals surface area contributed by atoms with Gasteiger partial charge in [0.1, 0.15) is 0 Å². The van der Waals surface area contributed by atoms with Crippen molar-refractivity contribution in [1.29, 1.82) is 0 Å². The Labute approximate surface area is 108 Å². The summed E-state index contributed by atoms with van der Waals surface area (Å²) >= 11 is 0. The van der Waals surface area contributed by atoms with Crippen molar-refractivity contribution < 1.29 is 9.90 Å². The van der Waals surface area contributed by atoms with E-state index >= 15 is 0 Å². The number of likely N-dealkylation sites (tertiary alicyclic amines) is 1. The van der Waals surface area contributed by atoms with Crippen molar-refractivity contribution in [2.45, 2.75) is 38.8 Å². The minimum Gasteiger partial charge on any atom is -0.388 e. The summed E-state index contributed by atoms with van der Waals surface area (Å²) in [5.74, 6) is 0.193. The Balaban J connectivity index is 2.06. The molecule has 0 spiro atoms. The van der Waals surface area contributed by atoms with Crippen molar-refractivity contribution in [1.82, 2.24) is 4.90 Å². The second-order valence-electron chi connectivity index (χ2n) is 5.12. The van der Waals surface area contributed by atoms with Gasteiger partial charge in [-0.3, -0.25) is 4.79 Å². The molecule has 1 aromatic rings. The van der Waals surface area contributed by atoms with Crippen LogP contribution in [-0.4, -0.2) is 28.5 Å². The van der Waals surface area contributed by atoms with E-state index in [-0.39, 0.29) is 17.9 Å². The van der Waals surface area contributed by atoms with E-state index in [1.54, 1.807) is 0 Å². The second kappa shape index (κ2) is 5.53. The van der Waals surface area contributed by atoms with E-state index in [4.69, 9.17) is 0 Å². The summed E-state index contributed by atoms with van der Waals surface area (Å²) in [6, 6.07) is 9.87. The maximum absolute atomic E-state index is 11.9. The molecule has 1 aromatic carbocycles. The van der Waals surface area contributed by atoms with E-state index in [0.717, 1.165) is 12.0 Å². The molecule has 1 aliphatic rings. The lowest BCUT2D eigenvalue weighted by Crippen LogP contribution is -2.34. The van der Waals surface area contributed by atoms with Crippen LogP contribution in [0.2, 0.25) is 0 Å². The number of amides is 1. The molecular weight excluding hydrogens is 226 g/mol. The predicted octanol–water partition coefficient (Wildman–Crippen LogP) is 2.37. The third-order valence-electron chi connectivity index (χ3n) is 3.90. The van der Waals surface area contributed by atoms with Crippen molar-refractivity contribution in [2.24, 2.45) is 5.92 Å². The highest BCUT2D eigenvalue weighted by Gasteiger charge is 2.36. The Morgan fingerprint density at radius 2 is 2.06 bits per heavy atom. The zero-order valence-corrected chi connectivity index (χ0v) is 11.0. The van der Waals surface area contributed by atoms with E-state index in [1.807, 2.05) is 35.2 Å². The van der Waals surface area contributed by atoms with Crippen molar-refractivity contribution in [3.63, 3.8) is 0 Å². The van der Waals surface area contributed by atoms with Gasteiger partial charge in [-0.15, -0.1) is 0 Å². The summed E-state index contributed by atoms with van der Waals surface area (Å²) in [4.78, 5) is 13.8. The van der Waals surface area contributed by atoms with Crippen molar-refractivity contribution in [3.05, 3.63) is 35.9 Å². The lowest BCUT2D eigenvalue weighted by atomic mass is 9.95. The van der Waals surface area contributed by atoms with Gasteiger partial charge in [-0.2, -0.15) is 0 Å². The highest BCUT2D eigenvalue weighted by atomic mass is 16.3. The first-order valence-corrected chi connectivity index (χ1v) is 6.66. The van der Waals surface area contributed by atoms with Gasteiger partial charge in [0, 0.05) is 24.9 Å². The largest absolute Gasteiger partial charge is 0.388 e. The molecule has 1 saturated heterocycles. The third kappa shape index (κ3) is 2.56. The molecule has 3 unspecified atom stereocenters. The minimum atomic E-state index is -0.538. The van der Waals surface area contributed by atoms with E-state index in [9.17, 15) is 9.90 Å². The van der Waals surface area contributed by atoms with Gasteiger partial charge in [-0.25, -0.2) is 0 Å². The number of aliphatic hydroxyl groups excluding tert-OH is 1. The number of hydrogen-bond acceptors (Lipinski definition) is 2. The molecule has 0 bridgehead atoms. The molecule has 2 rings (SSSR count). The Morgan fingerprint density at radius 1 is 1.39 bits per heavy atom. The first-order chi connectivity index (χ1) is 8.63. The molecule has 98 valence electrons. The third-order valence-corrected chi connectivity index (χ3v) is 3.90. The van der Waals surface area contributed by atoms with Gasteiger partial charge in [0.15, 0.2) is 0 Å². The van der Waals surface area contributed by atoms with Crippen LogP contribution in [0.3, 0.4) is 0 Å². The maximum Gasteiger partial charge on any atom is 0.223 e. The fraction of sp³-hybridized carbons (Fsp3) is 0.533. The summed E-state index contributed by atoms with van der Waals surface area (Å²) in [5.41, 5.74) is 0.904. The molecule has 0 radical (unpaired) electrons. The average molecular weight is 247 g/mol. The number of hydrogen-bond donors (Lipinski definition) is 1. The zero-order valence-electron chi connectivity index (χ0n) is 11.0. The van der Waals surface area contributed by atoms with Crippen LogP contribution in [0.5, 0.6) is 0 Å². The van der Waals surface area contributed by atoms with Gasteiger partial charge in [0.2, 0.25) is 5.91 Å². The van der Waals surface area contributed by atoms with E-state index in [2.05, 4.69) is 13.8 Å². The molecule has 1 N–H and O–H groups in total. The Bertz CT molecular complexity index is 404. The van der Waals surface area contributed by atoms with Gasteiger partial charge in [0.25, 0.3) is 0 Å². The lowest BCUT2D eigenvalue weighted by Gasteiger charge is -2.24. The fourth-order valence-corrected chi connectivity index (χ4v) is 2.54. The van der Waals surface area contributed by atoms with Gasteiger partial charge in [-0.05, 0) is 18.9 Å². The molecule has 18 heavy (non-hydrogen) atoms. The standard InChI is InChI=1S/C15H21NO2/c1-3-11(2)16-10-13(9-14(16)17)15(18)12-7-5-4-6-8-12/h4-8,11,13,15,18H,3,9-10H2,1-2H3. The highest BCUT2D eigenvalue weighted by molar-refractivity contribution is 5.79. The Kier molecular flexibility index (Phi) is 4.02. The summed E-state index contributed by atoms with van der Waals surface area (Å²) in [5, 5.41) is 10.3. The van der Waals surface area contributed by atoms with Crippen molar-refractivity contribution in [2.75, 3.05) is 6.54 Å². The van der Waals surface area contributed by atoms with E-state index in [1.165, 1.54) is 0 Å². The predicted molar refractivity (Wildman–Crippen MR) is 71.0 cm³/mol. The molecule has 0 saturated carbocycles. The van der Waals surface area contributed by atoms with Crippen LogP contribution in [0.15, 0.2) is 30.3 Å². The van der Waals surface area contributed by atoms with Crippen LogP contribution in [0.1, 0.15) is 38.4 Å². The highest BCUT2D eigenvalue weighted by Crippen LogP contribution is 2.31. The Hall–Kier alpha value is -1.35. The number of carbonyl (C=O) groups is 1. The van der Waals surface area contributed by atoms with Crippen LogP contribution >= 0.6 is 0 Å². The van der Waals surface area contributed by atoms with Crippen LogP contribution in [-0.2, 0) is 4.79 Å². The maximum atomic E-state index is 11.9. The second-order valence-corrected chi connectivity index (χ2v) is 5.12. The molecule has 3 atom stereocenters. The topological polar surface area (TPSA) is 40.5 Å². The first kappa shape index (κ1) is 13.1. The zero-order chi connectivity index (χ0) is 13.1. The monoisotopic (exact) mass is 247 g/mol. The summed E-state index contributed by atoms with van der Waals surface area (Å²) in [6.45, 7) is 4.82. The van der Waals surface area contributed by atoms with Crippen LogP contribution < -0.4 is 0 Å². The number of aliphatic hydroxyl groups is 1. The summed E-state index contributed by atoms with van der Waals surface area (Å²) in [7, 11) is 0. The molecule has 1 heterocycles. The van der Waals surface area contributed by atoms with Crippen LogP contribution in [0.4, 0.5) is 0 Å². The lowest BCUT2D eigenvalue weighted by molar-refractivity contribution is -0.129. The van der Waals surface area contributed by atoms with Crippen LogP contribution in [0.25, 0.3) is 0 Å². The minimum absolute atomic E-state index is 0.0221. The molecule has 0 aromatic heterocycles. The number of carbonyl (C=O) groups excluding carboxylic acids is 1. The SMILES string of the molecule is CCC(C)N1CC(C(O)c2ccccc2)CC1=O. The number of rotatable bonds is 4. The molecule has 1 fully saturated rings. The van der Waals surface area contributed by atoms with Crippen molar-refractivity contribution in [3.8, 4) is 0 Å². The molecule has 3 heteroatoms. The van der Waals surface area contributed by atoms with Crippen LogP contribution in [0, 0.1) is 5.92 Å². The average Bonchev–Trinajstić information content (AvgIpc) is 2.80. The summed E-state index contributed by atoms with van der Waals surface area (Å²) < 4.78 is 0. The fourth-order valence-electron chi connectivity index (χ4n) is 2.54. The quantitative estimate of drug-likeness (QED) is 0.887. The van der Waals surface area contributed by atoms with Crippen molar-refractivity contribution >= 4 is 5.91 Å². The molecule has 3 nitrogen and oxygen atoms in total. The van der Waals surface area contributed by atoms with E-state index in [0.29, 0.717) is 13.0 Å². The first-order valence-electron chi connectivity index (χ1n) is 6.66. The molecule has 0 aliphatic carbocycles. The summed E-state index contributed by atoms with van der Waals surface area (Å²) in [6.07, 6.45) is 0.879. The molecule has 1 aliphatic heterocycles.